The zero-order valence-corrected chi connectivity index (χ0v) is 15.0. The number of likely N-dealkylation sites (N-methyl/N-ethyl adjacent to an activating group) is 1. The van der Waals surface area contributed by atoms with Gasteiger partial charge in [-0.25, -0.2) is 4.98 Å². The van der Waals surface area contributed by atoms with E-state index in [1.807, 2.05) is 35.4 Å². The van der Waals surface area contributed by atoms with Gasteiger partial charge in [0, 0.05) is 18.2 Å². The first-order chi connectivity index (χ1) is 13.3. The van der Waals surface area contributed by atoms with Crippen molar-refractivity contribution in [2.24, 2.45) is 0 Å². The monoisotopic (exact) mass is 389 g/mol. The van der Waals surface area contributed by atoms with Crippen molar-refractivity contribution >= 4 is 5.84 Å². The average Bonchev–Trinajstić information content (AvgIpc) is 3.19. The molecule has 0 fully saturated rings. The molecule has 28 heavy (non-hydrogen) atoms. The molecule has 0 amide bonds. The van der Waals surface area contributed by atoms with Crippen LogP contribution in [0.4, 0.5) is 13.2 Å². The highest BCUT2D eigenvalue weighted by atomic mass is 19.4. The maximum atomic E-state index is 12.6. The summed E-state index contributed by atoms with van der Waals surface area (Å²) >= 11 is 0. The van der Waals surface area contributed by atoms with Crippen molar-refractivity contribution < 1.29 is 17.9 Å². The maximum Gasteiger partial charge on any atom is 0.451 e. The summed E-state index contributed by atoms with van der Waals surface area (Å²) in [5, 5.41) is 13.7. The topological polar surface area (TPSA) is 77.9 Å². The predicted octanol–water partition coefficient (Wildman–Crippen LogP) is 3.83. The number of aromatic amines is 1. The van der Waals surface area contributed by atoms with Gasteiger partial charge in [0.05, 0.1) is 6.54 Å². The van der Waals surface area contributed by atoms with Crippen LogP contribution < -0.4 is 4.74 Å². The van der Waals surface area contributed by atoms with E-state index >= 15 is 0 Å². The van der Waals surface area contributed by atoms with Crippen LogP contribution >= 0.6 is 0 Å². The molecule has 0 saturated heterocycles. The summed E-state index contributed by atoms with van der Waals surface area (Å²) in [6.45, 7) is 0.920. The van der Waals surface area contributed by atoms with Crippen LogP contribution in [0.25, 0.3) is 11.4 Å². The first-order valence-corrected chi connectivity index (χ1v) is 8.42. The Labute approximate surface area is 159 Å². The molecule has 0 aliphatic carbocycles. The standard InChI is InChI=1S/C19H18F3N5O/c1-27(11-12-28-15-5-3-2-4-6-15)16(23)13-7-9-14(10-8-13)17-24-18(26-25-17)19(20,21)22/h2-10,23H,11-12H2,1H3,(H,24,25,26). The molecule has 0 spiro atoms. The minimum absolute atomic E-state index is 0.0463. The number of alkyl halides is 3. The summed E-state index contributed by atoms with van der Waals surface area (Å²) in [6, 6.07) is 15.9. The number of H-pyrrole nitrogens is 1. The van der Waals surface area contributed by atoms with Crippen LogP contribution in [0.5, 0.6) is 5.75 Å². The first kappa shape index (κ1) is 19.4. The molecular formula is C19H18F3N5O. The van der Waals surface area contributed by atoms with Crippen molar-refractivity contribution in [3.8, 4) is 17.1 Å². The molecule has 6 nitrogen and oxygen atoms in total. The maximum absolute atomic E-state index is 12.6. The fourth-order valence-electron chi connectivity index (χ4n) is 2.44. The van der Waals surface area contributed by atoms with Crippen molar-refractivity contribution in [1.82, 2.24) is 20.1 Å². The Bertz CT molecular complexity index is 923. The molecule has 0 bridgehead atoms. The van der Waals surface area contributed by atoms with E-state index in [9.17, 15) is 13.2 Å². The van der Waals surface area contributed by atoms with Crippen LogP contribution in [-0.4, -0.2) is 46.1 Å². The Balaban J connectivity index is 1.59. The van der Waals surface area contributed by atoms with Crippen molar-refractivity contribution in [2.45, 2.75) is 6.18 Å². The van der Waals surface area contributed by atoms with Crippen LogP contribution in [0.3, 0.4) is 0 Å². The number of benzene rings is 2. The second-order valence-corrected chi connectivity index (χ2v) is 6.01. The van der Waals surface area contributed by atoms with Gasteiger partial charge < -0.3 is 9.64 Å². The number of halogens is 3. The molecule has 146 valence electrons. The van der Waals surface area contributed by atoms with Crippen LogP contribution in [-0.2, 0) is 6.18 Å². The molecule has 3 aromatic rings. The number of amidine groups is 1. The highest BCUT2D eigenvalue weighted by molar-refractivity contribution is 5.96. The first-order valence-electron chi connectivity index (χ1n) is 8.42. The number of hydrogen-bond donors (Lipinski definition) is 2. The largest absolute Gasteiger partial charge is 0.492 e. The van der Waals surface area contributed by atoms with Crippen molar-refractivity contribution in [3.63, 3.8) is 0 Å². The third-order valence-electron chi connectivity index (χ3n) is 3.99. The van der Waals surface area contributed by atoms with Gasteiger partial charge in [0.2, 0.25) is 5.82 Å². The molecule has 1 heterocycles. The Hall–Kier alpha value is -3.36. The molecule has 0 unspecified atom stereocenters. The molecule has 0 radical (unpaired) electrons. The average molecular weight is 389 g/mol. The summed E-state index contributed by atoms with van der Waals surface area (Å²) in [5.74, 6) is -0.154. The van der Waals surface area contributed by atoms with E-state index in [0.717, 1.165) is 5.75 Å². The normalized spacial score (nSPS) is 11.3. The number of aromatic nitrogens is 3. The second kappa shape index (κ2) is 8.12. The molecule has 9 heteroatoms. The Kier molecular flexibility index (Phi) is 5.62. The van der Waals surface area contributed by atoms with Gasteiger partial charge in [-0.1, -0.05) is 42.5 Å². The van der Waals surface area contributed by atoms with Gasteiger partial charge in [-0.05, 0) is 12.1 Å². The molecule has 0 atom stereocenters. The fourth-order valence-corrected chi connectivity index (χ4v) is 2.44. The van der Waals surface area contributed by atoms with Gasteiger partial charge >= 0.3 is 6.18 Å². The second-order valence-electron chi connectivity index (χ2n) is 6.01. The van der Waals surface area contributed by atoms with E-state index in [4.69, 9.17) is 10.1 Å². The lowest BCUT2D eigenvalue weighted by Gasteiger charge is -2.20. The number of para-hydroxylation sites is 1. The van der Waals surface area contributed by atoms with E-state index < -0.39 is 12.0 Å². The van der Waals surface area contributed by atoms with Gasteiger partial charge in [0.1, 0.15) is 18.2 Å². The molecular weight excluding hydrogens is 371 g/mol. The number of ether oxygens (including phenoxy) is 1. The molecule has 2 aromatic carbocycles. The smallest absolute Gasteiger partial charge is 0.451 e. The minimum atomic E-state index is -4.57. The van der Waals surface area contributed by atoms with Crippen molar-refractivity contribution in [2.75, 3.05) is 20.2 Å². The van der Waals surface area contributed by atoms with Crippen LogP contribution in [0, 0.1) is 5.41 Å². The molecule has 2 N–H and O–H groups in total. The zero-order valence-electron chi connectivity index (χ0n) is 15.0. The highest BCUT2D eigenvalue weighted by Gasteiger charge is 2.35. The number of hydrogen-bond acceptors (Lipinski definition) is 4. The summed E-state index contributed by atoms with van der Waals surface area (Å²) in [5.41, 5.74) is 1.05. The zero-order chi connectivity index (χ0) is 20.1. The Morgan fingerprint density at radius 1 is 1.11 bits per heavy atom. The predicted molar refractivity (Wildman–Crippen MR) is 98.2 cm³/mol. The quantitative estimate of drug-likeness (QED) is 0.496. The van der Waals surface area contributed by atoms with E-state index in [-0.39, 0.29) is 11.7 Å². The van der Waals surface area contributed by atoms with Crippen LogP contribution in [0.15, 0.2) is 54.6 Å². The van der Waals surface area contributed by atoms with Crippen molar-refractivity contribution in [3.05, 3.63) is 66.0 Å². The molecule has 0 aliphatic rings. The highest BCUT2D eigenvalue weighted by Crippen LogP contribution is 2.27. The Morgan fingerprint density at radius 2 is 1.79 bits per heavy atom. The van der Waals surface area contributed by atoms with E-state index in [0.29, 0.717) is 24.3 Å². The lowest BCUT2D eigenvalue weighted by molar-refractivity contribution is -0.144. The summed E-state index contributed by atoms with van der Waals surface area (Å²) in [6.07, 6.45) is -4.57. The van der Waals surface area contributed by atoms with Crippen LogP contribution in [0.2, 0.25) is 0 Å². The van der Waals surface area contributed by atoms with E-state index in [1.165, 1.54) is 0 Å². The van der Waals surface area contributed by atoms with E-state index in [1.54, 1.807) is 36.2 Å². The molecule has 0 aliphatic heterocycles. The van der Waals surface area contributed by atoms with Crippen LogP contribution in [0.1, 0.15) is 11.4 Å². The summed E-state index contributed by atoms with van der Waals surface area (Å²) in [4.78, 5) is 5.19. The molecule has 1 aromatic heterocycles. The van der Waals surface area contributed by atoms with Gasteiger partial charge in [0.15, 0.2) is 5.82 Å². The van der Waals surface area contributed by atoms with Gasteiger partial charge in [-0.2, -0.15) is 18.3 Å². The molecule has 0 saturated carbocycles. The SMILES string of the molecule is CN(CCOc1ccccc1)C(=N)c1ccc(-c2n[nH]c(C(F)(F)F)n2)cc1. The number of nitrogens with one attached hydrogen (secondary N) is 2. The fraction of sp³-hybridized carbons (Fsp3) is 0.211. The summed E-state index contributed by atoms with van der Waals surface area (Å²) < 4.78 is 43.4. The third-order valence-corrected chi connectivity index (χ3v) is 3.99. The van der Waals surface area contributed by atoms with Gasteiger partial charge in [-0.15, -0.1) is 0 Å². The van der Waals surface area contributed by atoms with Gasteiger partial charge in [0.25, 0.3) is 0 Å². The summed E-state index contributed by atoms with van der Waals surface area (Å²) in [7, 11) is 1.77. The number of nitrogens with zero attached hydrogens (tertiary/aromatic N) is 3. The van der Waals surface area contributed by atoms with Crippen molar-refractivity contribution in [1.29, 1.82) is 5.41 Å². The Morgan fingerprint density at radius 3 is 2.39 bits per heavy atom. The third kappa shape index (κ3) is 4.67. The minimum Gasteiger partial charge on any atom is -0.492 e. The lowest BCUT2D eigenvalue weighted by Crippen LogP contribution is -2.30. The molecule has 3 rings (SSSR count). The van der Waals surface area contributed by atoms with E-state index in [2.05, 4.69) is 10.1 Å². The lowest BCUT2D eigenvalue weighted by atomic mass is 10.1. The van der Waals surface area contributed by atoms with Gasteiger partial charge in [-0.3, -0.25) is 10.5 Å². The number of rotatable bonds is 6.